The number of hydrogen-bond acceptors (Lipinski definition) is 4. The largest absolute Gasteiger partial charge is 0.494 e. The standard InChI is InChI=1S/C23H19N3O/c1-27-21-13-17(24)9-10-19(21)25-20-8-4-6-15-12-16-11-14-5-2-3-7-18(14)26-23(16)22(15)20/h2-11,13,25H,12,24H2,1H3. The lowest BCUT2D eigenvalue weighted by molar-refractivity contribution is 0.417. The zero-order valence-electron chi connectivity index (χ0n) is 15.0. The summed E-state index contributed by atoms with van der Waals surface area (Å²) < 4.78 is 5.49. The van der Waals surface area contributed by atoms with Crippen LogP contribution >= 0.6 is 0 Å². The van der Waals surface area contributed by atoms with E-state index >= 15 is 0 Å². The molecule has 5 rings (SSSR count). The van der Waals surface area contributed by atoms with E-state index in [2.05, 4.69) is 47.8 Å². The molecule has 0 bridgehead atoms. The Morgan fingerprint density at radius 1 is 0.926 bits per heavy atom. The van der Waals surface area contributed by atoms with Crippen LogP contribution < -0.4 is 15.8 Å². The molecule has 0 aliphatic heterocycles. The monoisotopic (exact) mass is 353 g/mol. The van der Waals surface area contributed by atoms with Gasteiger partial charge in [-0.15, -0.1) is 0 Å². The molecule has 0 unspecified atom stereocenters. The maximum atomic E-state index is 5.88. The summed E-state index contributed by atoms with van der Waals surface area (Å²) in [6.07, 6.45) is 0.900. The van der Waals surface area contributed by atoms with E-state index in [-0.39, 0.29) is 0 Å². The highest BCUT2D eigenvalue weighted by molar-refractivity contribution is 5.92. The van der Waals surface area contributed by atoms with Crippen molar-refractivity contribution in [2.75, 3.05) is 18.2 Å². The normalized spacial score (nSPS) is 11.9. The van der Waals surface area contributed by atoms with Crippen molar-refractivity contribution in [2.24, 2.45) is 0 Å². The highest BCUT2D eigenvalue weighted by Crippen LogP contribution is 2.43. The molecule has 0 fully saturated rings. The number of para-hydroxylation sites is 1. The number of rotatable bonds is 3. The fourth-order valence-electron chi connectivity index (χ4n) is 3.80. The highest BCUT2D eigenvalue weighted by Gasteiger charge is 2.24. The number of nitrogens with one attached hydrogen (secondary N) is 1. The molecule has 1 aliphatic carbocycles. The van der Waals surface area contributed by atoms with Crippen molar-refractivity contribution in [3.8, 4) is 17.0 Å². The summed E-state index contributed by atoms with van der Waals surface area (Å²) >= 11 is 0. The number of methoxy groups -OCH3 is 1. The predicted octanol–water partition coefficient (Wildman–Crippen LogP) is 5.14. The fraction of sp³-hybridized carbons (Fsp3) is 0.0870. The molecule has 0 atom stereocenters. The number of nitrogen functional groups attached to an aromatic ring is 1. The van der Waals surface area contributed by atoms with E-state index in [1.165, 1.54) is 16.5 Å². The number of pyridine rings is 1. The SMILES string of the molecule is COc1cc(N)ccc1Nc1cccc2c1-c1nc3ccccc3cc1C2. The summed E-state index contributed by atoms with van der Waals surface area (Å²) in [6, 6.07) is 22.5. The van der Waals surface area contributed by atoms with Gasteiger partial charge >= 0.3 is 0 Å². The van der Waals surface area contributed by atoms with Crippen LogP contribution in [0.4, 0.5) is 17.1 Å². The third-order valence-electron chi connectivity index (χ3n) is 5.07. The van der Waals surface area contributed by atoms with Crippen LogP contribution in [-0.2, 0) is 6.42 Å². The van der Waals surface area contributed by atoms with Gasteiger partial charge < -0.3 is 15.8 Å². The van der Waals surface area contributed by atoms with Crippen molar-refractivity contribution in [3.05, 3.63) is 77.9 Å². The molecule has 3 aromatic carbocycles. The van der Waals surface area contributed by atoms with Crippen molar-refractivity contribution in [2.45, 2.75) is 6.42 Å². The second kappa shape index (κ2) is 6.02. The first-order chi connectivity index (χ1) is 13.2. The molecule has 4 heteroatoms. The van der Waals surface area contributed by atoms with E-state index in [0.29, 0.717) is 5.69 Å². The van der Waals surface area contributed by atoms with Gasteiger partial charge in [-0.3, -0.25) is 0 Å². The van der Waals surface area contributed by atoms with Crippen molar-refractivity contribution < 1.29 is 4.74 Å². The van der Waals surface area contributed by atoms with Crippen LogP contribution in [-0.4, -0.2) is 12.1 Å². The molecule has 1 aromatic heterocycles. The minimum absolute atomic E-state index is 0.675. The lowest BCUT2D eigenvalue weighted by atomic mass is 10.1. The summed E-state index contributed by atoms with van der Waals surface area (Å²) in [6.45, 7) is 0. The summed E-state index contributed by atoms with van der Waals surface area (Å²) in [7, 11) is 1.65. The molecular formula is C23H19N3O. The number of hydrogen-bond donors (Lipinski definition) is 2. The van der Waals surface area contributed by atoms with Gasteiger partial charge in [0.05, 0.1) is 24.0 Å². The van der Waals surface area contributed by atoms with E-state index in [1.54, 1.807) is 7.11 Å². The van der Waals surface area contributed by atoms with Crippen molar-refractivity contribution in [3.63, 3.8) is 0 Å². The predicted molar refractivity (Wildman–Crippen MR) is 111 cm³/mol. The first kappa shape index (κ1) is 15.7. The Kier molecular flexibility index (Phi) is 3.50. The maximum Gasteiger partial charge on any atom is 0.144 e. The van der Waals surface area contributed by atoms with Gasteiger partial charge in [-0.25, -0.2) is 4.98 Å². The van der Waals surface area contributed by atoms with E-state index in [9.17, 15) is 0 Å². The first-order valence-corrected chi connectivity index (χ1v) is 8.94. The van der Waals surface area contributed by atoms with Gasteiger partial charge in [0.25, 0.3) is 0 Å². The van der Waals surface area contributed by atoms with Crippen LogP contribution in [0.15, 0.2) is 66.7 Å². The van der Waals surface area contributed by atoms with Crippen LogP contribution in [0.1, 0.15) is 11.1 Å². The Bertz CT molecular complexity index is 1180. The Hall–Kier alpha value is -3.53. The first-order valence-electron chi connectivity index (χ1n) is 8.94. The number of ether oxygens (including phenoxy) is 1. The van der Waals surface area contributed by atoms with Gasteiger partial charge in [-0.2, -0.15) is 0 Å². The smallest absolute Gasteiger partial charge is 0.144 e. The summed E-state index contributed by atoms with van der Waals surface area (Å²) in [5, 5.41) is 4.70. The Balaban J connectivity index is 1.65. The molecule has 4 aromatic rings. The minimum Gasteiger partial charge on any atom is -0.494 e. The highest BCUT2D eigenvalue weighted by atomic mass is 16.5. The minimum atomic E-state index is 0.675. The van der Waals surface area contributed by atoms with Crippen molar-refractivity contribution >= 4 is 28.0 Å². The van der Waals surface area contributed by atoms with E-state index in [1.807, 2.05) is 24.3 Å². The van der Waals surface area contributed by atoms with E-state index < -0.39 is 0 Å². The molecule has 0 spiro atoms. The topological polar surface area (TPSA) is 60.2 Å². The molecule has 1 heterocycles. The number of nitrogens with two attached hydrogens (primary N) is 1. The lowest BCUT2D eigenvalue weighted by Crippen LogP contribution is -1.98. The Morgan fingerprint density at radius 2 is 1.81 bits per heavy atom. The van der Waals surface area contributed by atoms with Crippen molar-refractivity contribution in [1.82, 2.24) is 4.98 Å². The van der Waals surface area contributed by atoms with Gasteiger partial charge in [0.1, 0.15) is 5.75 Å². The molecule has 0 saturated heterocycles. The molecule has 0 amide bonds. The lowest BCUT2D eigenvalue weighted by Gasteiger charge is -2.15. The molecule has 132 valence electrons. The number of fused-ring (bicyclic) bond motifs is 4. The molecule has 0 saturated carbocycles. The quantitative estimate of drug-likeness (QED) is 0.441. The zero-order valence-corrected chi connectivity index (χ0v) is 15.0. The Morgan fingerprint density at radius 3 is 2.70 bits per heavy atom. The van der Waals surface area contributed by atoms with Gasteiger partial charge in [-0.05, 0) is 41.5 Å². The number of nitrogens with zero attached hydrogens (tertiary/aromatic N) is 1. The number of aromatic nitrogens is 1. The maximum absolute atomic E-state index is 5.88. The number of benzene rings is 3. The summed E-state index contributed by atoms with van der Waals surface area (Å²) in [4.78, 5) is 4.96. The van der Waals surface area contributed by atoms with E-state index in [4.69, 9.17) is 15.5 Å². The molecule has 27 heavy (non-hydrogen) atoms. The third kappa shape index (κ3) is 2.57. The molecule has 3 N–H and O–H groups in total. The van der Waals surface area contributed by atoms with Crippen LogP contribution in [0.25, 0.3) is 22.2 Å². The molecule has 0 radical (unpaired) electrons. The van der Waals surface area contributed by atoms with Crippen LogP contribution in [0.5, 0.6) is 5.75 Å². The fourth-order valence-corrected chi connectivity index (χ4v) is 3.80. The van der Waals surface area contributed by atoms with Gasteiger partial charge in [-0.1, -0.05) is 30.3 Å². The number of anilines is 3. The average molecular weight is 353 g/mol. The molecular weight excluding hydrogens is 334 g/mol. The van der Waals surface area contributed by atoms with Gasteiger partial charge in [0.15, 0.2) is 0 Å². The zero-order chi connectivity index (χ0) is 18.4. The second-order valence-corrected chi connectivity index (χ2v) is 6.79. The summed E-state index contributed by atoms with van der Waals surface area (Å²) in [5.74, 6) is 0.720. The van der Waals surface area contributed by atoms with Crippen LogP contribution in [0.2, 0.25) is 0 Å². The van der Waals surface area contributed by atoms with Gasteiger partial charge in [0, 0.05) is 34.8 Å². The molecule has 1 aliphatic rings. The average Bonchev–Trinajstić information content (AvgIpc) is 3.05. The van der Waals surface area contributed by atoms with E-state index in [0.717, 1.165) is 40.3 Å². The second-order valence-electron chi connectivity index (χ2n) is 6.79. The van der Waals surface area contributed by atoms with Crippen molar-refractivity contribution in [1.29, 1.82) is 0 Å². The Labute approximate surface area is 157 Å². The van der Waals surface area contributed by atoms with Gasteiger partial charge in [0.2, 0.25) is 0 Å². The molecule has 4 nitrogen and oxygen atoms in total. The summed E-state index contributed by atoms with van der Waals surface area (Å²) in [5.41, 5.74) is 14.3. The third-order valence-corrected chi connectivity index (χ3v) is 5.07. The van der Waals surface area contributed by atoms with Crippen LogP contribution in [0.3, 0.4) is 0 Å². The van der Waals surface area contributed by atoms with Crippen LogP contribution in [0, 0.1) is 0 Å².